The quantitative estimate of drug-likeness (QED) is 0.783. The number of halogens is 3. The summed E-state index contributed by atoms with van der Waals surface area (Å²) >= 11 is 0. The summed E-state index contributed by atoms with van der Waals surface area (Å²) in [7, 11) is 0. The van der Waals surface area contributed by atoms with Crippen LogP contribution in [0.15, 0.2) is 48.5 Å². The van der Waals surface area contributed by atoms with E-state index in [9.17, 15) is 18.0 Å². The fraction of sp³-hybridized carbons (Fsp3) is 0.0714. The smallest absolute Gasteiger partial charge is 0.406 e. The van der Waals surface area contributed by atoms with E-state index in [1.54, 1.807) is 24.3 Å². The van der Waals surface area contributed by atoms with Crippen LogP contribution in [-0.4, -0.2) is 12.6 Å². The van der Waals surface area contributed by atoms with E-state index in [-0.39, 0.29) is 5.56 Å². The molecule has 0 heterocycles. The normalized spacial score (nSPS) is 11.1. The molecule has 0 spiro atoms. The van der Waals surface area contributed by atoms with E-state index >= 15 is 0 Å². The van der Waals surface area contributed by atoms with Gasteiger partial charge in [-0.25, -0.2) is 0 Å². The molecule has 0 amide bonds. The lowest BCUT2D eigenvalue weighted by molar-refractivity contribution is -0.274. The molecule has 0 unspecified atom stereocenters. The Morgan fingerprint density at radius 1 is 1.00 bits per heavy atom. The van der Waals surface area contributed by atoms with E-state index in [2.05, 4.69) is 4.74 Å². The number of alkyl halides is 3. The summed E-state index contributed by atoms with van der Waals surface area (Å²) in [5.74, 6) is -0.408. The van der Waals surface area contributed by atoms with Crippen LogP contribution in [0.5, 0.6) is 5.75 Å². The number of ether oxygens (including phenoxy) is 1. The average Bonchev–Trinajstić information content (AvgIpc) is 2.37. The minimum absolute atomic E-state index is 0.146. The topological polar surface area (TPSA) is 26.3 Å². The number of aldehydes is 1. The third kappa shape index (κ3) is 3.34. The number of rotatable bonds is 3. The molecule has 2 rings (SSSR count). The fourth-order valence-electron chi connectivity index (χ4n) is 1.72. The maximum atomic E-state index is 12.1. The van der Waals surface area contributed by atoms with Gasteiger partial charge >= 0.3 is 6.36 Å². The minimum Gasteiger partial charge on any atom is -0.406 e. The van der Waals surface area contributed by atoms with Gasteiger partial charge in [-0.3, -0.25) is 4.79 Å². The van der Waals surface area contributed by atoms with E-state index < -0.39 is 12.1 Å². The van der Waals surface area contributed by atoms with E-state index in [1.807, 2.05) is 6.07 Å². The van der Waals surface area contributed by atoms with Crippen LogP contribution in [0.1, 0.15) is 10.4 Å². The molecule has 0 saturated carbocycles. The van der Waals surface area contributed by atoms with Gasteiger partial charge in [-0.1, -0.05) is 30.3 Å². The third-order valence-electron chi connectivity index (χ3n) is 2.47. The Kier molecular flexibility index (Phi) is 3.55. The van der Waals surface area contributed by atoms with Gasteiger partial charge in [0.25, 0.3) is 0 Å². The number of benzene rings is 2. The first kappa shape index (κ1) is 13.1. The highest BCUT2D eigenvalue weighted by molar-refractivity contribution is 5.88. The van der Waals surface area contributed by atoms with Crippen LogP contribution in [-0.2, 0) is 0 Å². The fourth-order valence-corrected chi connectivity index (χ4v) is 1.72. The molecular formula is C14H9F3O2. The summed E-state index contributed by atoms with van der Waals surface area (Å²) in [5.41, 5.74) is 1.46. The molecule has 5 heteroatoms. The molecule has 0 saturated heterocycles. The second-order valence-corrected chi connectivity index (χ2v) is 3.78. The number of hydrogen-bond acceptors (Lipinski definition) is 2. The molecule has 0 aliphatic carbocycles. The summed E-state index contributed by atoms with van der Waals surface area (Å²) in [5, 5.41) is 0. The maximum Gasteiger partial charge on any atom is 0.573 e. The molecule has 0 aliphatic rings. The molecule has 0 bridgehead atoms. The van der Waals surface area contributed by atoms with Crippen LogP contribution in [0, 0.1) is 0 Å². The van der Waals surface area contributed by atoms with Crippen molar-refractivity contribution in [2.45, 2.75) is 6.36 Å². The SMILES string of the molecule is O=Cc1cc(OC(F)(F)F)ccc1-c1ccccc1. The van der Waals surface area contributed by atoms with Crippen LogP contribution in [0.3, 0.4) is 0 Å². The highest BCUT2D eigenvalue weighted by atomic mass is 19.4. The van der Waals surface area contributed by atoms with Crippen molar-refractivity contribution < 1.29 is 22.7 Å². The summed E-state index contributed by atoms with van der Waals surface area (Å²) in [4.78, 5) is 11.0. The predicted octanol–water partition coefficient (Wildman–Crippen LogP) is 4.06. The van der Waals surface area contributed by atoms with E-state index in [0.717, 1.165) is 11.6 Å². The van der Waals surface area contributed by atoms with Gasteiger partial charge in [0.15, 0.2) is 6.29 Å². The minimum atomic E-state index is -4.77. The zero-order chi connectivity index (χ0) is 13.9. The molecule has 19 heavy (non-hydrogen) atoms. The predicted molar refractivity (Wildman–Crippen MR) is 63.9 cm³/mol. The van der Waals surface area contributed by atoms with Crippen molar-refractivity contribution in [2.24, 2.45) is 0 Å². The molecule has 0 aromatic heterocycles. The van der Waals surface area contributed by atoms with Crippen LogP contribution in [0.4, 0.5) is 13.2 Å². The highest BCUT2D eigenvalue weighted by Crippen LogP contribution is 2.29. The van der Waals surface area contributed by atoms with Gasteiger partial charge in [-0.05, 0) is 29.3 Å². The van der Waals surface area contributed by atoms with E-state index in [0.29, 0.717) is 11.8 Å². The van der Waals surface area contributed by atoms with Crippen molar-refractivity contribution in [2.75, 3.05) is 0 Å². The van der Waals surface area contributed by atoms with E-state index in [4.69, 9.17) is 0 Å². The molecule has 0 radical (unpaired) electrons. The third-order valence-corrected chi connectivity index (χ3v) is 2.47. The van der Waals surface area contributed by atoms with Crippen molar-refractivity contribution in [3.8, 4) is 16.9 Å². The van der Waals surface area contributed by atoms with Gasteiger partial charge in [0.1, 0.15) is 5.75 Å². The molecule has 2 aromatic rings. The zero-order valence-electron chi connectivity index (χ0n) is 9.65. The number of carbonyl (C=O) groups is 1. The van der Waals surface area contributed by atoms with Gasteiger partial charge in [-0.15, -0.1) is 13.2 Å². The Labute approximate surface area is 107 Å². The largest absolute Gasteiger partial charge is 0.573 e. The Morgan fingerprint density at radius 3 is 2.26 bits per heavy atom. The van der Waals surface area contributed by atoms with Crippen molar-refractivity contribution in [1.29, 1.82) is 0 Å². The maximum absolute atomic E-state index is 12.1. The molecule has 0 aliphatic heterocycles. The zero-order valence-corrected chi connectivity index (χ0v) is 9.65. The molecule has 0 atom stereocenters. The molecule has 0 fully saturated rings. The van der Waals surface area contributed by atoms with Crippen molar-refractivity contribution in [3.05, 3.63) is 54.1 Å². The van der Waals surface area contributed by atoms with Gasteiger partial charge < -0.3 is 4.74 Å². The van der Waals surface area contributed by atoms with Crippen LogP contribution in [0.25, 0.3) is 11.1 Å². The first-order valence-electron chi connectivity index (χ1n) is 5.40. The molecule has 2 nitrogen and oxygen atoms in total. The van der Waals surface area contributed by atoms with Crippen LogP contribution >= 0.6 is 0 Å². The number of carbonyl (C=O) groups excluding carboxylic acids is 1. The van der Waals surface area contributed by atoms with Crippen LogP contribution < -0.4 is 4.74 Å². The summed E-state index contributed by atoms with van der Waals surface area (Å²) in [6.07, 6.45) is -4.26. The summed E-state index contributed by atoms with van der Waals surface area (Å²) in [6, 6.07) is 12.6. The second-order valence-electron chi connectivity index (χ2n) is 3.78. The van der Waals surface area contributed by atoms with Gasteiger partial charge in [-0.2, -0.15) is 0 Å². The Morgan fingerprint density at radius 2 is 1.68 bits per heavy atom. The lowest BCUT2D eigenvalue weighted by atomic mass is 10.0. The second kappa shape index (κ2) is 5.14. The van der Waals surface area contributed by atoms with Gasteiger partial charge in [0.2, 0.25) is 0 Å². The molecular weight excluding hydrogens is 257 g/mol. The summed E-state index contributed by atoms with van der Waals surface area (Å²) in [6.45, 7) is 0. The average molecular weight is 266 g/mol. The first-order valence-corrected chi connectivity index (χ1v) is 5.40. The molecule has 98 valence electrons. The molecule has 2 aromatic carbocycles. The summed E-state index contributed by atoms with van der Waals surface area (Å²) < 4.78 is 40.0. The van der Waals surface area contributed by atoms with Crippen molar-refractivity contribution in [3.63, 3.8) is 0 Å². The standard InChI is InChI=1S/C14H9F3O2/c15-14(16,17)19-12-6-7-13(11(8-12)9-18)10-4-2-1-3-5-10/h1-9H. The van der Waals surface area contributed by atoms with Gasteiger partial charge in [0, 0.05) is 5.56 Å². The lowest BCUT2D eigenvalue weighted by Gasteiger charge is -2.11. The Hall–Kier alpha value is -2.30. The van der Waals surface area contributed by atoms with E-state index in [1.165, 1.54) is 12.1 Å². The Bertz CT molecular complexity index is 577. The lowest BCUT2D eigenvalue weighted by Crippen LogP contribution is -2.17. The van der Waals surface area contributed by atoms with Crippen molar-refractivity contribution in [1.82, 2.24) is 0 Å². The first-order chi connectivity index (χ1) is 8.99. The van der Waals surface area contributed by atoms with Crippen LogP contribution in [0.2, 0.25) is 0 Å². The Balaban J connectivity index is 2.40. The number of hydrogen-bond donors (Lipinski definition) is 0. The molecule has 0 N–H and O–H groups in total. The monoisotopic (exact) mass is 266 g/mol. The van der Waals surface area contributed by atoms with Gasteiger partial charge in [0.05, 0.1) is 0 Å². The van der Waals surface area contributed by atoms with Crippen molar-refractivity contribution >= 4 is 6.29 Å². The highest BCUT2D eigenvalue weighted by Gasteiger charge is 2.31.